The summed E-state index contributed by atoms with van der Waals surface area (Å²) in [5, 5.41) is 1.67. The molecular weight excluding hydrogens is 918 g/mol. The van der Waals surface area contributed by atoms with E-state index in [0.29, 0.717) is 45.1 Å². The molecule has 0 aliphatic heterocycles. The Kier molecular flexibility index (Phi) is 7.19. The maximum Gasteiger partial charge on any atom is 0.268 e. The molecule has 0 radical (unpaired) electrons. The second-order valence-electron chi connectivity index (χ2n) is 15.0. The first kappa shape index (κ1) is 27.2. The summed E-state index contributed by atoms with van der Waals surface area (Å²) in [6.45, 7) is 7.48. The second kappa shape index (κ2) is 15.9. The maximum absolute atomic E-state index is 9.01. The molecule has 296 valence electrons. The van der Waals surface area contributed by atoms with E-state index in [1.54, 1.807) is 88.3 Å². The summed E-state index contributed by atoms with van der Waals surface area (Å²) < 4.78 is 117. The summed E-state index contributed by atoms with van der Waals surface area (Å²) in [5.41, 5.74) is 3.60. The first-order chi connectivity index (χ1) is 33.7. The first-order valence-electron chi connectivity index (χ1n) is 24.9. The minimum absolute atomic E-state index is 0. The van der Waals surface area contributed by atoms with Crippen LogP contribution in [0.5, 0.6) is 11.5 Å². The van der Waals surface area contributed by atoms with Gasteiger partial charge in [0.25, 0.3) is 6.33 Å². The van der Waals surface area contributed by atoms with E-state index in [4.69, 9.17) is 26.2 Å². The van der Waals surface area contributed by atoms with Gasteiger partial charge in [0, 0.05) is 58.9 Å². The van der Waals surface area contributed by atoms with Crippen molar-refractivity contribution in [1.82, 2.24) is 19.1 Å². The monoisotopic (exact) mass is 970 g/mol. The summed E-state index contributed by atoms with van der Waals surface area (Å²) >= 11 is 0. The number of hydrogen-bond acceptors (Lipinski definition) is 3. The Balaban J connectivity index is 0.00000640. The van der Waals surface area contributed by atoms with Crippen LogP contribution >= 0.6 is 0 Å². The Morgan fingerprint density at radius 2 is 1.43 bits per heavy atom. The zero-order valence-electron chi connectivity index (χ0n) is 44.8. The van der Waals surface area contributed by atoms with Crippen LogP contribution in [-0.2, 0) is 27.4 Å². The van der Waals surface area contributed by atoms with Gasteiger partial charge in [-0.05, 0) is 75.8 Å². The van der Waals surface area contributed by atoms with Gasteiger partial charge < -0.3 is 13.9 Å². The summed E-state index contributed by atoms with van der Waals surface area (Å²) in [7, 11) is 0. The summed E-state index contributed by atoms with van der Waals surface area (Å²) in [5.74, 6) is 1.14. The Hall–Kier alpha value is -6.62. The van der Waals surface area contributed by atoms with Gasteiger partial charge in [0.2, 0.25) is 0 Å². The van der Waals surface area contributed by atoms with Crippen LogP contribution in [0.3, 0.4) is 0 Å². The van der Waals surface area contributed by atoms with Crippen molar-refractivity contribution in [1.29, 1.82) is 0 Å². The van der Waals surface area contributed by atoms with Crippen molar-refractivity contribution in [3.05, 3.63) is 194 Å². The number of rotatable bonds is 8. The van der Waals surface area contributed by atoms with Gasteiger partial charge in [-0.25, -0.2) is 4.98 Å². The summed E-state index contributed by atoms with van der Waals surface area (Å²) in [6.07, 6.45) is 5.10. The number of fused-ring (bicyclic) bond motifs is 4. The molecule has 10 aromatic rings. The van der Waals surface area contributed by atoms with Crippen molar-refractivity contribution in [2.75, 3.05) is 0 Å². The molecule has 0 saturated carbocycles. The van der Waals surface area contributed by atoms with E-state index >= 15 is 0 Å². The van der Waals surface area contributed by atoms with E-state index in [1.807, 2.05) is 56.5 Å². The molecule has 6 nitrogen and oxygen atoms in total. The number of pyridine rings is 2. The topological polar surface area (TPSA) is 48.8 Å². The van der Waals surface area contributed by atoms with Gasteiger partial charge in [-0.2, -0.15) is 18.2 Å². The number of ether oxygens (including phenoxy) is 1. The van der Waals surface area contributed by atoms with Crippen LogP contribution in [0.15, 0.2) is 164 Å². The zero-order valence-corrected chi connectivity index (χ0v) is 35.0. The van der Waals surface area contributed by atoms with Crippen molar-refractivity contribution in [3.8, 4) is 50.9 Å². The normalized spacial score (nSPS) is 14.7. The molecular formula is C53H41N5OPt-2. The molecule has 4 aromatic heterocycles. The molecule has 0 amide bonds. The van der Waals surface area contributed by atoms with Crippen LogP contribution < -0.4 is 9.30 Å². The number of hydrogen-bond donors (Lipinski definition) is 0. The average Bonchev–Trinajstić information content (AvgIpc) is 3.89. The zero-order chi connectivity index (χ0) is 50.6. The van der Waals surface area contributed by atoms with Gasteiger partial charge in [-0.1, -0.05) is 129 Å². The third-order valence-corrected chi connectivity index (χ3v) is 9.74. The minimum atomic E-state index is -1.68. The van der Waals surface area contributed by atoms with Crippen molar-refractivity contribution in [3.63, 3.8) is 0 Å². The van der Waals surface area contributed by atoms with Crippen LogP contribution in [0.4, 0.5) is 0 Å². The molecule has 10 rings (SSSR count). The number of nitrogens with zero attached hydrogens (tertiary/aromatic N) is 5. The fourth-order valence-electron chi connectivity index (χ4n) is 7.37. The van der Waals surface area contributed by atoms with E-state index in [9.17, 15) is 0 Å². The van der Waals surface area contributed by atoms with E-state index in [-0.39, 0.29) is 49.0 Å². The third-order valence-electron chi connectivity index (χ3n) is 9.74. The molecule has 6 aromatic carbocycles. The van der Waals surface area contributed by atoms with Crippen molar-refractivity contribution in [2.24, 2.45) is 5.41 Å². The molecule has 0 saturated heterocycles. The Morgan fingerprint density at radius 1 is 0.733 bits per heavy atom. The van der Waals surface area contributed by atoms with E-state index in [0.717, 1.165) is 22.0 Å². The second-order valence-corrected chi connectivity index (χ2v) is 15.0. The number of imidazole rings is 1. The largest absolute Gasteiger partial charge is 0.510 e. The number of aryl methyl sites for hydroxylation is 1. The molecule has 0 aliphatic rings. The fourth-order valence-corrected chi connectivity index (χ4v) is 7.37. The van der Waals surface area contributed by atoms with E-state index < -0.39 is 72.2 Å². The first-order valence-corrected chi connectivity index (χ1v) is 18.9. The standard InChI is InChI=1S/C53H41N5O.Pt/c1-36-29-49-46(34-55-36)45-26-25-42(32-50(45)58(49)51-30-37(27-28-54-51)33-53(2,3)4)59-41-20-13-19-40(31-41)56-35-57(48-24-12-11-23-47(48)56)52-43(38-15-7-5-8-16-38)21-14-22-44(52)39-17-9-6-10-18-39;/h5-30,34H,33H2,1-4H3;/q-2;/i5D,6D,7D,8D,9D,10D,15D,16D,17D,18D,33D2;. The molecule has 60 heavy (non-hydrogen) atoms. The van der Waals surface area contributed by atoms with Crippen LogP contribution in [-0.4, -0.2) is 19.1 Å². The van der Waals surface area contributed by atoms with Crippen LogP contribution in [0.1, 0.15) is 48.5 Å². The molecule has 0 spiro atoms. The predicted octanol–water partition coefficient (Wildman–Crippen LogP) is 12.2. The Labute approximate surface area is 381 Å². The molecule has 0 N–H and O–H groups in total. The maximum atomic E-state index is 9.01. The average molecular weight is 971 g/mol. The molecule has 0 atom stereocenters. The van der Waals surface area contributed by atoms with Gasteiger partial charge in [0.1, 0.15) is 5.82 Å². The minimum Gasteiger partial charge on any atom is -0.510 e. The predicted molar refractivity (Wildman–Crippen MR) is 237 cm³/mol. The number of aromatic nitrogens is 5. The van der Waals surface area contributed by atoms with Crippen molar-refractivity contribution < 1.29 is 46.8 Å². The van der Waals surface area contributed by atoms with Crippen LogP contribution in [0.25, 0.3) is 72.3 Å². The van der Waals surface area contributed by atoms with Gasteiger partial charge >= 0.3 is 0 Å². The quantitative estimate of drug-likeness (QED) is 0.113. The molecule has 4 heterocycles. The smallest absolute Gasteiger partial charge is 0.268 e. The molecule has 0 aliphatic carbocycles. The molecule has 0 fully saturated rings. The van der Waals surface area contributed by atoms with Gasteiger partial charge in [-0.3, -0.25) is 9.55 Å². The van der Waals surface area contributed by atoms with E-state index in [1.165, 1.54) is 0 Å². The third kappa shape index (κ3) is 7.33. The molecule has 0 unspecified atom stereocenters. The van der Waals surface area contributed by atoms with Gasteiger partial charge in [0.05, 0.1) is 30.4 Å². The van der Waals surface area contributed by atoms with Crippen molar-refractivity contribution in [2.45, 2.75) is 34.1 Å². The molecule has 0 bridgehead atoms. The van der Waals surface area contributed by atoms with Gasteiger partial charge in [-0.15, -0.1) is 29.7 Å². The van der Waals surface area contributed by atoms with Gasteiger partial charge in [0.15, 0.2) is 0 Å². The molecule has 7 heteroatoms. The van der Waals surface area contributed by atoms with Crippen molar-refractivity contribution >= 4 is 32.8 Å². The van der Waals surface area contributed by atoms with Crippen LogP contribution in [0.2, 0.25) is 0 Å². The SMILES string of the molecule is [2H]c1c([2H])c([2H])c(-c2cccc(-c3c([2H])c([2H])c([2H])c([2H])c3[2H])c2-[n+]2[c-]n(-c3[c-]c(Oc4[c-]c5c(cc4)c4cnc(C)cc4n5-c4cc(C([2H])([2H])C(C)(C)C)ccn4)ccc3)c3ccccc32)c([2H])c1[2H].[Pt]. The Morgan fingerprint density at radius 3 is 2.17 bits per heavy atom. The van der Waals surface area contributed by atoms with E-state index in [2.05, 4.69) is 23.4 Å². The summed E-state index contributed by atoms with van der Waals surface area (Å²) in [4.78, 5) is 9.29. The Bertz CT molecular complexity index is 3720. The fraction of sp³-hybridized carbons (Fsp3) is 0.113. The summed E-state index contributed by atoms with van der Waals surface area (Å²) in [6, 6.07) is 27.7. The van der Waals surface area contributed by atoms with Crippen LogP contribution in [0, 0.1) is 30.8 Å². The number of para-hydroxylation sites is 3. The number of benzene rings is 6.